The maximum Gasteiger partial charge on any atom is 0.182 e. The Labute approximate surface area is 115 Å². The molecule has 1 aromatic carbocycles. The van der Waals surface area contributed by atoms with Gasteiger partial charge in [-0.2, -0.15) is 5.10 Å². The van der Waals surface area contributed by atoms with E-state index < -0.39 is 0 Å². The van der Waals surface area contributed by atoms with Crippen LogP contribution in [0, 0.1) is 0 Å². The minimum Gasteiger partial charge on any atom is -0.292 e. The maximum atomic E-state index is 11.8. The van der Waals surface area contributed by atoms with E-state index in [1.54, 1.807) is 0 Å². The number of hydrogen-bond acceptors (Lipinski definition) is 3. The van der Waals surface area contributed by atoms with Gasteiger partial charge in [-0.1, -0.05) is 21.5 Å². The summed E-state index contributed by atoms with van der Waals surface area (Å²) in [6.45, 7) is 2.04. The molecule has 0 unspecified atom stereocenters. The van der Waals surface area contributed by atoms with E-state index in [0.717, 1.165) is 23.0 Å². The molecule has 3 nitrogen and oxygen atoms in total. The van der Waals surface area contributed by atoms with Gasteiger partial charge >= 0.3 is 0 Å². The first-order valence-corrected chi connectivity index (χ1v) is 6.74. The van der Waals surface area contributed by atoms with Crippen LogP contribution in [-0.2, 0) is 4.79 Å². The van der Waals surface area contributed by atoms with Crippen LogP contribution in [0.3, 0.4) is 0 Å². The average Bonchev–Trinajstić information content (AvgIpc) is 2.51. The van der Waals surface area contributed by atoms with Crippen molar-refractivity contribution in [1.29, 1.82) is 0 Å². The minimum absolute atomic E-state index is 0.108. The first kappa shape index (κ1) is 13.0. The summed E-state index contributed by atoms with van der Waals surface area (Å²) < 4.78 is 1.02. The zero-order valence-electron chi connectivity index (χ0n) is 10.2. The third-order valence-corrected chi connectivity index (χ3v) is 3.32. The van der Waals surface area contributed by atoms with E-state index >= 15 is 0 Å². The smallest absolute Gasteiger partial charge is 0.182 e. The Kier molecular flexibility index (Phi) is 4.31. The largest absolute Gasteiger partial charge is 0.292 e. The van der Waals surface area contributed by atoms with Crippen molar-refractivity contribution in [2.75, 3.05) is 5.43 Å². The summed E-state index contributed by atoms with van der Waals surface area (Å²) in [6, 6.07) is 7.68. The number of nitrogens with zero attached hydrogens (tertiary/aromatic N) is 1. The number of carbonyl (C=O) groups is 1. The zero-order valence-corrected chi connectivity index (χ0v) is 11.8. The molecule has 0 fully saturated rings. The second-order valence-electron chi connectivity index (χ2n) is 4.38. The van der Waals surface area contributed by atoms with E-state index in [0.29, 0.717) is 12.1 Å². The first-order valence-electron chi connectivity index (χ1n) is 5.95. The quantitative estimate of drug-likeness (QED) is 0.842. The van der Waals surface area contributed by atoms with Crippen molar-refractivity contribution >= 4 is 33.1 Å². The monoisotopic (exact) mass is 306 g/mol. The number of hydrogen-bond donors (Lipinski definition) is 1. The number of anilines is 1. The summed E-state index contributed by atoms with van der Waals surface area (Å²) >= 11 is 3.37. The Morgan fingerprint density at radius 3 is 2.67 bits per heavy atom. The number of allylic oxidation sites excluding steroid dienone is 2. The lowest BCUT2D eigenvalue weighted by Crippen LogP contribution is -2.12. The van der Waals surface area contributed by atoms with E-state index in [4.69, 9.17) is 0 Å². The van der Waals surface area contributed by atoms with E-state index in [9.17, 15) is 4.79 Å². The Morgan fingerprint density at radius 1 is 1.22 bits per heavy atom. The molecule has 0 aliphatic heterocycles. The van der Waals surface area contributed by atoms with Crippen LogP contribution >= 0.6 is 15.9 Å². The van der Waals surface area contributed by atoms with Gasteiger partial charge in [-0.05, 0) is 50.1 Å². The fourth-order valence-electron chi connectivity index (χ4n) is 1.79. The van der Waals surface area contributed by atoms with Crippen LogP contribution in [0.2, 0.25) is 0 Å². The number of halogens is 1. The Hall–Kier alpha value is -1.42. The van der Waals surface area contributed by atoms with Crippen LogP contribution in [0.4, 0.5) is 5.69 Å². The topological polar surface area (TPSA) is 41.5 Å². The Morgan fingerprint density at radius 2 is 1.94 bits per heavy atom. The van der Waals surface area contributed by atoms with Gasteiger partial charge in [0.25, 0.3) is 0 Å². The van der Waals surface area contributed by atoms with Gasteiger partial charge in [0.1, 0.15) is 5.71 Å². The highest BCUT2D eigenvalue weighted by Crippen LogP contribution is 2.16. The molecule has 18 heavy (non-hydrogen) atoms. The van der Waals surface area contributed by atoms with E-state index in [1.165, 1.54) is 5.57 Å². The first-order chi connectivity index (χ1) is 8.65. The molecule has 0 saturated heterocycles. The van der Waals surface area contributed by atoms with Gasteiger partial charge in [0.2, 0.25) is 0 Å². The number of ketones is 1. The summed E-state index contributed by atoms with van der Waals surface area (Å²) in [6.07, 6.45) is 4.34. The molecule has 0 bridgehead atoms. The fourth-order valence-corrected chi connectivity index (χ4v) is 2.05. The van der Waals surface area contributed by atoms with Crippen molar-refractivity contribution in [1.82, 2.24) is 0 Å². The molecule has 0 atom stereocenters. The average molecular weight is 307 g/mol. The molecule has 0 spiro atoms. The number of rotatable bonds is 2. The number of hydrazone groups is 1. The standard InChI is InChI=1S/C14H15BrN2O/c1-10-3-2-4-14(18)13(9-10)17-16-12-7-5-11(15)6-8-12/h5-9,16H,2-4H2,1H3/b17-13+. The maximum absolute atomic E-state index is 11.8. The molecule has 1 aromatic rings. The second-order valence-corrected chi connectivity index (χ2v) is 5.30. The summed E-state index contributed by atoms with van der Waals surface area (Å²) in [4.78, 5) is 11.8. The van der Waals surface area contributed by atoms with E-state index in [1.807, 2.05) is 37.3 Å². The van der Waals surface area contributed by atoms with Crippen LogP contribution < -0.4 is 5.43 Å². The SMILES string of the molecule is CC1=C/C(=N\Nc2ccc(Br)cc2)C(=O)CCC1. The molecule has 1 N–H and O–H groups in total. The molecule has 0 saturated carbocycles. The summed E-state index contributed by atoms with van der Waals surface area (Å²) in [5.41, 5.74) is 5.52. The third kappa shape index (κ3) is 3.53. The van der Waals surface area contributed by atoms with Crippen LogP contribution in [0.1, 0.15) is 26.2 Å². The van der Waals surface area contributed by atoms with E-state index in [2.05, 4.69) is 26.5 Å². The highest BCUT2D eigenvalue weighted by molar-refractivity contribution is 9.10. The summed E-state index contributed by atoms with van der Waals surface area (Å²) in [5.74, 6) is 0.108. The second kappa shape index (κ2) is 5.96. The van der Waals surface area contributed by atoms with Crippen molar-refractivity contribution < 1.29 is 4.79 Å². The summed E-state index contributed by atoms with van der Waals surface area (Å²) in [5, 5.41) is 4.20. The molecule has 4 heteroatoms. The number of Topliss-reactive ketones (excluding diaryl/α,β-unsaturated/α-hetero) is 1. The van der Waals surface area contributed by atoms with Gasteiger partial charge in [-0.15, -0.1) is 0 Å². The lowest BCUT2D eigenvalue weighted by Gasteiger charge is -2.02. The molecule has 0 radical (unpaired) electrons. The van der Waals surface area contributed by atoms with Crippen molar-refractivity contribution in [3.05, 3.63) is 40.4 Å². The van der Waals surface area contributed by atoms with Gasteiger partial charge in [-0.3, -0.25) is 10.2 Å². The number of nitrogens with one attached hydrogen (secondary N) is 1. The molecular formula is C14H15BrN2O. The van der Waals surface area contributed by atoms with Crippen LogP contribution in [-0.4, -0.2) is 11.5 Å². The zero-order chi connectivity index (χ0) is 13.0. The lowest BCUT2D eigenvalue weighted by atomic mass is 10.1. The van der Waals surface area contributed by atoms with Gasteiger partial charge in [-0.25, -0.2) is 0 Å². The van der Waals surface area contributed by atoms with Crippen LogP contribution in [0.15, 0.2) is 45.5 Å². The molecule has 0 amide bonds. The van der Waals surface area contributed by atoms with Crippen molar-refractivity contribution in [2.24, 2.45) is 5.10 Å². The molecule has 0 aromatic heterocycles. The number of benzene rings is 1. The van der Waals surface area contributed by atoms with Crippen molar-refractivity contribution in [3.63, 3.8) is 0 Å². The molecular weight excluding hydrogens is 292 g/mol. The van der Waals surface area contributed by atoms with Crippen molar-refractivity contribution in [2.45, 2.75) is 26.2 Å². The molecule has 1 aliphatic carbocycles. The predicted octanol–water partition coefficient (Wildman–Crippen LogP) is 3.92. The van der Waals surface area contributed by atoms with Crippen molar-refractivity contribution in [3.8, 4) is 0 Å². The van der Waals surface area contributed by atoms with E-state index in [-0.39, 0.29) is 5.78 Å². The van der Waals surface area contributed by atoms with Crippen LogP contribution in [0.5, 0.6) is 0 Å². The van der Waals surface area contributed by atoms with Gasteiger partial charge in [0, 0.05) is 10.9 Å². The molecule has 0 heterocycles. The van der Waals surface area contributed by atoms with Crippen LogP contribution in [0.25, 0.3) is 0 Å². The number of carbonyl (C=O) groups excluding carboxylic acids is 1. The highest BCUT2D eigenvalue weighted by atomic mass is 79.9. The Bertz CT molecular complexity index is 503. The fraction of sp³-hybridized carbons (Fsp3) is 0.286. The molecule has 1 aliphatic rings. The third-order valence-electron chi connectivity index (χ3n) is 2.79. The highest BCUT2D eigenvalue weighted by Gasteiger charge is 2.13. The predicted molar refractivity (Wildman–Crippen MR) is 77.8 cm³/mol. The lowest BCUT2D eigenvalue weighted by molar-refractivity contribution is -0.112. The van der Waals surface area contributed by atoms with Gasteiger partial charge in [0.15, 0.2) is 5.78 Å². The van der Waals surface area contributed by atoms with Gasteiger partial charge in [0.05, 0.1) is 5.69 Å². The molecule has 2 rings (SSSR count). The normalized spacial score (nSPS) is 18.4. The van der Waals surface area contributed by atoms with Gasteiger partial charge < -0.3 is 0 Å². The summed E-state index contributed by atoms with van der Waals surface area (Å²) in [7, 11) is 0. The minimum atomic E-state index is 0.108. The Balaban J connectivity index is 2.14. The molecule has 94 valence electrons.